The van der Waals surface area contributed by atoms with Crippen molar-refractivity contribution in [2.75, 3.05) is 79.5 Å². The van der Waals surface area contributed by atoms with Crippen LogP contribution in [0, 0.1) is 5.41 Å². The summed E-state index contributed by atoms with van der Waals surface area (Å²) in [4.78, 5) is 32.3. The van der Waals surface area contributed by atoms with Crippen molar-refractivity contribution in [3.05, 3.63) is 0 Å². The SMILES string of the molecule is CN1CCCN2CCN(C)CC(C(=O)O)(C(=O)O)CN(CC1)CC2. The lowest BCUT2D eigenvalue weighted by Crippen LogP contribution is -2.58. The Hall–Kier alpha value is -1.22. The smallest absolute Gasteiger partial charge is 0.323 e. The summed E-state index contributed by atoms with van der Waals surface area (Å²) in [6.07, 6.45) is 1.12. The fourth-order valence-corrected chi connectivity index (χ4v) is 3.52. The summed E-state index contributed by atoms with van der Waals surface area (Å²) in [6, 6.07) is 0. The molecular weight excluding hydrogens is 312 g/mol. The Morgan fingerprint density at radius 2 is 1.25 bits per heavy atom. The average molecular weight is 342 g/mol. The maximum Gasteiger partial charge on any atom is 0.323 e. The number of carbonyl (C=O) groups is 2. The van der Waals surface area contributed by atoms with E-state index in [9.17, 15) is 19.8 Å². The maximum absolute atomic E-state index is 11.9. The van der Waals surface area contributed by atoms with Crippen LogP contribution in [0.25, 0.3) is 0 Å². The van der Waals surface area contributed by atoms with E-state index >= 15 is 0 Å². The second-order valence-electron chi connectivity index (χ2n) is 7.20. The molecule has 2 unspecified atom stereocenters. The Kier molecular flexibility index (Phi) is 6.56. The molecular formula is C16H30N4O4. The summed E-state index contributed by atoms with van der Waals surface area (Å²) in [6.45, 7) is 6.69. The molecule has 0 aromatic heterocycles. The molecule has 8 nitrogen and oxygen atoms in total. The van der Waals surface area contributed by atoms with Crippen LogP contribution in [0.3, 0.4) is 0 Å². The summed E-state index contributed by atoms with van der Waals surface area (Å²) in [7, 11) is 3.87. The van der Waals surface area contributed by atoms with Crippen molar-refractivity contribution >= 4 is 11.9 Å². The van der Waals surface area contributed by atoms with Crippen molar-refractivity contribution in [2.45, 2.75) is 6.42 Å². The summed E-state index contributed by atoms with van der Waals surface area (Å²) in [5.41, 5.74) is -1.78. The molecule has 2 atom stereocenters. The van der Waals surface area contributed by atoms with Gasteiger partial charge in [0.2, 0.25) is 0 Å². The summed E-state index contributed by atoms with van der Waals surface area (Å²) < 4.78 is 0. The van der Waals surface area contributed by atoms with E-state index < -0.39 is 17.4 Å². The average Bonchev–Trinajstić information content (AvgIpc) is 2.52. The first-order valence-corrected chi connectivity index (χ1v) is 8.62. The van der Waals surface area contributed by atoms with Crippen LogP contribution >= 0.6 is 0 Å². The third-order valence-electron chi connectivity index (χ3n) is 5.19. The zero-order valence-electron chi connectivity index (χ0n) is 14.8. The zero-order valence-corrected chi connectivity index (χ0v) is 14.8. The van der Waals surface area contributed by atoms with Crippen LogP contribution in [0.15, 0.2) is 0 Å². The number of hydrogen-bond donors (Lipinski definition) is 2. The van der Waals surface area contributed by atoms with Gasteiger partial charge in [0.1, 0.15) is 0 Å². The fraction of sp³-hybridized carbons (Fsp3) is 0.875. The van der Waals surface area contributed by atoms with Gasteiger partial charge in [-0.15, -0.1) is 0 Å². The minimum Gasteiger partial charge on any atom is -0.480 e. The van der Waals surface area contributed by atoms with Crippen LogP contribution in [0.2, 0.25) is 0 Å². The van der Waals surface area contributed by atoms with Gasteiger partial charge >= 0.3 is 11.9 Å². The van der Waals surface area contributed by atoms with E-state index in [1.807, 2.05) is 16.8 Å². The Bertz CT molecular complexity index is 445. The van der Waals surface area contributed by atoms with Gasteiger partial charge in [-0.1, -0.05) is 0 Å². The van der Waals surface area contributed by atoms with Crippen LogP contribution in [0.1, 0.15) is 6.42 Å². The highest BCUT2D eigenvalue weighted by Gasteiger charge is 2.49. The number of carboxylic acids is 2. The Morgan fingerprint density at radius 3 is 1.92 bits per heavy atom. The lowest BCUT2D eigenvalue weighted by molar-refractivity contribution is -0.168. The van der Waals surface area contributed by atoms with E-state index in [0.717, 1.165) is 39.1 Å². The quantitative estimate of drug-likeness (QED) is 0.620. The molecule has 138 valence electrons. The van der Waals surface area contributed by atoms with Crippen molar-refractivity contribution in [3.8, 4) is 0 Å². The van der Waals surface area contributed by atoms with E-state index in [1.54, 1.807) is 0 Å². The Morgan fingerprint density at radius 1 is 0.708 bits per heavy atom. The van der Waals surface area contributed by atoms with Crippen LogP contribution in [-0.4, -0.2) is 121 Å². The second-order valence-corrected chi connectivity index (χ2v) is 7.20. The monoisotopic (exact) mass is 342 g/mol. The van der Waals surface area contributed by atoms with Crippen molar-refractivity contribution in [1.82, 2.24) is 19.6 Å². The second kappa shape index (κ2) is 8.24. The molecule has 2 rings (SSSR count). The number of hydrogen-bond acceptors (Lipinski definition) is 6. The number of aliphatic carboxylic acids is 2. The van der Waals surface area contributed by atoms with Crippen molar-refractivity contribution < 1.29 is 19.8 Å². The van der Waals surface area contributed by atoms with Gasteiger partial charge in [0.15, 0.2) is 5.41 Å². The Balaban J connectivity index is 2.28. The highest BCUT2D eigenvalue weighted by Crippen LogP contribution is 2.23. The van der Waals surface area contributed by atoms with Crippen molar-refractivity contribution in [3.63, 3.8) is 0 Å². The number of likely N-dealkylation sites (N-methyl/N-ethyl adjacent to an activating group) is 2. The van der Waals surface area contributed by atoms with Gasteiger partial charge in [0.05, 0.1) is 0 Å². The van der Waals surface area contributed by atoms with Crippen LogP contribution in [0.4, 0.5) is 0 Å². The minimum absolute atomic E-state index is 0.0256. The first-order chi connectivity index (χ1) is 11.3. The number of carboxylic acid groups (broad SMARTS) is 2. The van der Waals surface area contributed by atoms with Crippen LogP contribution in [-0.2, 0) is 9.59 Å². The van der Waals surface area contributed by atoms with Crippen molar-refractivity contribution in [2.24, 2.45) is 5.41 Å². The summed E-state index contributed by atoms with van der Waals surface area (Å²) in [5, 5.41) is 19.4. The largest absolute Gasteiger partial charge is 0.480 e. The lowest BCUT2D eigenvalue weighted by atomic mass is 9.86. The van der Waals surface area contributed by atoms with Gasteiger partial charge < -0.3 is 24.9 Å². The van der Waals surface area contributed by atoms with Gasteiger partial charge in [-0.05, 0) is 33.6 Å². The molecule has 2 bridgehead atoms. The zero-order chi connectivity index (χ0) is 17.7. The van der Waals surface area contributed by atoms with Crippen LogP contribution in [0.5, 0.6) is 0 Å². The first-order valence-electron chi connectivity index (χ1n) is 8.62. The van der Waals surface area contributed by atoms with E-state index in [0.29, 0.717) is 19.6 Å². The standard InChI is InChI=1S/C16H30N4O4/c1-17-4-3-5-19-8-7-18(2)12-16(14(21)22,15(23)24)13-20(9-6-17)11-10-19/h3-13H2,1-2H3,(H,21,22)(H,23,24). The number of rotatable bonds is 2. The highest BCUT2D eigenvalue weighted by atomic mass is 16.4. The fourth-order valence-electron chi connectivity index (χ4n) is 3.52. The topological polar surface area (TPSA) is 87.6 Å². The van der Waals surface area contributed by atoms with Gasteiger partial charge in [-0.25, -0.2) is 0 Å². The molecule has 2 aliphatic rings. The first kappa shape index (κ1) is 19.1. The molecule has 2 heterocycles. The predicted octanol–water partition coefficient (Wildman–Crippen LogP) is -0.973. The summed E-state index contributed by atoms with van der Waals surface area (Å²) in [5.74, 6) is -2.49. The van der Waals surface area contributed by atoms with E-state index in [1.165, 1.54) is 0 Å². The number of nitrogens with zero attached hydrogens (tertiary/aromatic N) is 4. The molecule has 0 aromatic rings. The van der Waals surface area contributed by atoms with Gasteiger partial charge in [-0.2, -0.15) is 0 Å². The van der Waals surface area contributed by atoms with Gasteiger partial charge in [0.25, 0.3) is 0 Å². The molecule has 8 heteroatoms. The minimum atomic E-state index is -1.78. The third kappa shape index (κ3) is 4.66. The molecule has 0 aromatic carbocycles. The van der Waals surface area contributed by atoms with Crippen LogP contribution < -0.4 is 0 Å². The summed E-state index contributed by atoms with van der Waals surface area (Å²) >= 11 is 0. The molecule has 2 N–H and O–H groups in total. The van der Waals surface area contributed by atoms with Gasteiger partial charge in [0, 0.05) is 52.4 Å². The molecule has 0 spiro atoms. The normalized spacial score (nSPS) is 30.6. The molecule has 0 saturated carbocycles. The maximum atomic E-state index is 11.9. The van der Waals surface area contributed by atoms with Gasteiger partial charge in [-0.3, -0.25) is 14.5 Å². The van der Waals surface area contributed by atoms with E-state index in [2.05, 4.69) is 16.8 Å². The third-order valence-corrected chi connectivity index (χ3v) is 5.19. The van der Waals surface area contributed by atoms with Crippen molar-refractivity contribution in [1.29, 1.82) is 0 Å². The van der Waals surface area contributed by atoms with E-state index in [-0.39, 0.29) is 13.1 Å². The molecule has 2 saturated heterocycles. The molecule has 0 amide bonds. The molecule has 0 aliphatic carbocycles. The molecule has 2 fully saturated rings. The highest BCUT2D eigenvalue weighted by molar-refractivity contribution is 5.99. The Labute approximate surface area is 143 Å². The lowest BCUT2D eigenvalue weighted by Gasteiger charge is -2.39. The molecule has 2 aliphatic heterocycles. The number of fused-ring (bicyclic) bond motifs is 3. The van der Waals surface area contributed by atoms with E-state index in [4.69, 9.17) is 0 Å². The molecule has 0 radical (unpaired) electrons. The predicted molar refractivity (Wildman–Crippen MR) is 90.2 cm³/mol. The molecule has 24 heavy (non-hydrogen) atoms.